The number of amides is 1. The molecule has 0 spiro atoms. The van der Waals surface area contributed by atoms with Gasteiger partial charge in [-0.3, -0.25) is 9.78 Å². The van der Waals surface area contributed by atoms with Gasteiger partial charge in [0, 0.05) is 36.7 Å². The average molecular weight is 410 g/mol. The minimum absolute atomic E-state index is 0.0637. The maximum absolute atomic E-state index is 13.8. The van der Waals surface area contributed by atoms with Crippen molar-refractivity contribution in [3.63, 3.8) is 0 Å². The first-order valence-electron chi connectivity index (χ1n) is 9.45. The van der Waals surface area contributed by atoms with Crippen LogP contribution in [-0.4, -0.2) is 24.0 Å². The number of fused-ring (bicyclic) bond motifs is 1. The molecule has 1 saturated heterocycles. The van der Waals surface area contributed by atoms with Crippen molar-refractivity contribution in [2.75, 3.05) is 23.3 Å². The molecule has 0 radical (unpaired) electrons. The zero-order valence-electron chi connectivity index (χ0n) is 15.8. The second kappa shape index (κ2) is 8.03. The van der Waals surface area contributed by atoms with E-state index in [1.54, 1.807) is 6.07 Å². The number of rotatable bonds is 3. The predicted octanol–water partition coefficient (Wildman–Crippen LogP) is 4.38. The summed E-state index contributed by atoms with van der Waals surface area (Å²) in [6.45, 7) is 0.933. The normalized spacial score (nSPS) is 14.5. The Balaban J connectivity index is 1.52. The Bertz CT molecular complexity index is 1170. The van der Waals surface area contributed by atoms with Crippen molar-refractivity contribution >= 4 is 28.2 Å². The molecule has 1 fully saturated rings. The highest BCUT2D eigenvalue weighted by molar-refractivity contribution is 5.95. The Labute approximate surface area is 170 Å². The van der Waals surface area contributed by atoms with E-state index in [0.29, 0.717) is 48.1 Å². The second-order valence-corrected chi connectivity index (χ2v) is 7.17. The van der Waals surface area contributed by atoms with Crippen molar-refractivity contribution in [2.45, 2.75) is 12.8 Å². The van der Waals surface area contributed by atoms with Gasteiger partial charge in [-0.25, -0.2) is 13.2 Å². The number of anilines is 2. The number of hydrogen-bond donors (Lipinski definition) is 1. The van der Waals surface area contributed by atoms with E-state index >= 15 is 0 Å². The molecule has 5 nitrogen and oxygen atoms in total. The third-order valence-electron chi connectivity index (χ3n) is 5.29. The van der Waals surface area contributed by atoms with Crippen LogP contribution in [0.4, 0.5) is 24.5 Å². The summed E-state index contributed by atoms with van der Waals surface area (Å²) in [5.41, 5.74) is 1.46. The zero-order valence-corrected chi connectivity index (χ0v) is 15.8. The molecule has 0 atom stereocenters. The van der Waals surface area contributed by atoms with E-state index in [0.717, 1.165) is 12.1 Å². The summed E-state index contributed by atoms with van der Waals surface area (Å²) in [6.07, 6.45) is 2.41. The van der Waals surface area contributed by atoms with Crippen LogP contribution in [0.15, 0.2) is 42.6 Å². The summed E-state index contributed by atoms with van der Waals surface area (Å²) >= 11 is 0. The van der Waals surface area contributed by atoms with Gasteiger partial charge >= 0.3 is 0 Å². The van der Waals surface area contributed by atoms with Gasteiger partial charge in [-0.15, -0.1) is 0 Å². The molecule has 1 amide bonds. The van der Waals surface area contributed by atoms with Crippen molar-refractivity contribution in [1.82, 2.24) is 4.98 Å². The van der Waals surface area contributed by atoms with Gasteiger partial charge in [-0.2, -0.15) is 5.26 Å². The maximum Gasteiger partial charge on any atom is 0.227 e. The van der Waals surface area contributed by atoms with Crippen molar-refractivity contribution in [2.24, 2.45) is 5.92 Å². The number of piperidine rings is 1. The number of nitrogens with zero attached hydrogens (tertiary/aromatic N) is 3. The average Bonchev–Trinajstić information content (AvgIpc) is 2.75. The van der Waals surface area contributed by atoms with Crippen molar-refractivity contribution in [3.05, 3.63) is 65.6 Å². The lowest BCUT2D eigenvalue weighted by Crippen LogP contribution is -2.38. The molecule has 152 valence electrons. The third-order valence-corrected chi connectivity index (χ3v) is 5.29. The zero-order chi connectivity index (χ0) is 21.3. The van der Waals surface area contributed by atoms with Gasteiger partial charge in [0.1, 0.15) is 23.5 Å². The largest absolute Gasteiger partial charge is 0.370 e. The van der Waals surface area contributed by atoms with E-state index < -0.39 is 17.5 Å². The summed E-state index contributed by atoms with van der Waals surface area (Å²) in [5, 5.41) is 12.5. The fraction of sp³-hybridized carbons (Fsp3) is 0.227. The molecule has 4 rings (SSSR count). The standard InChI is InChI=1S/C22H17F3N4O/c23-15-1-3-19-17(9-15)21(14(11-26)12-27-19)29-7-5-13(6-8-29)22(30)28-20-4-2-16(24)10-18(20)25/h1-4,9-10,12-13H,5-8H2,(H,28,30). The van der Waals surface area contributed by atoms with Gasteiger partial charge in [0.15, 0.2) is 0 Å². The fourth-order valence-electron chi connectivity index (χ4n) is 3.76. The first kappa shape index (κ1) is 19.7. The lowest BCUT2D eigenvalue weighted by molar-refractivity contribution is -0.120. The molecule has 2 aromatic carbocycles. The highest BCUT2D eigenvalue weighted by atomic mass is 19.1. The minimum Gasteiger partial charge on any atom is -0.370 e. The number of pyridine rings is 1. The summed E-state index contributed by atoms with van der Waals surface area (Å²) in [6, 6.07) is 9.33. The smallest absolute Gasteiger partial charge is 0.227 e. The lowest BCUT2D eigenvalue weighted by Gasteiger charge is -2.34. The number of carbonyl (C=O) groups is 1. The molecule has 0 aliphatic carbocycles. The number of benzene rings is 2. The number of nitrogens with one attached hydrogen (secondary N) is 1. The number of hydrogen-bond acceptors (Lipinski definition) is 4. The molecular formula is C22H17F3N4O. The van der Waals surface area contributed by atoms with Crippen LogP contribution in [0.2, 0.25) is 0 Å². The Morgan fingerprint density at radius 2 is 1.80 bits per heavy atom. The molecule has 30 heavy (non-hydrogen) atoms. The van der Waals surface area contributed by atoms with Crippen LogP contribution in [-0.2, 0) is 4.79 Å². The number of carbonyl (C=O) groups excluding carboxylic acids is 1. The summed E-state index contributed by atoms with van der Waals surface area (Å²) in [4.78, 5) is 18.7. The van der Waals surface area contributed by atoms with Gasteiger partial charge in [-0.05, 0) is 43.2 Å². The van der Waals surface area contributed by atoms with Crippen LogP contribution in [0.25, 0.3) is 10.9 Å². The van der Waals surface area contributed by atoms with Gasteiger partial charge in [0.05, 0.1) is 22.5 Å². The molecule has 3 aromatic rings. The van der Waals surface area contributed by atoms with Crippen LogP contribution in [0, 0.1) is 34.7 Å². The van der Waals surface area contributed by atoms with Crippen LogP contribution >= 0.6 is 0 Å². The van der Waals surface area contributed by atoms with Crippen molar-refractivity contribution in [1.29, 1.82) is 5.26 Å². The second-order valence-electron chi connectivity index (χ2n) is 7.17. The molecule has 1 aromatic heterocycles. The van der Waals surface area contributed by atoms with E-state index in [2.05, 4.69) is 16.4 Å². The van der Waals surface area contributed by atoms with Gasteiger partial charge in [0.2, 0.25) is 5.91 Å². The molecule has 1 aliphatic heterocycles. The first-order valence-corrected chi connectivity index (χ1v) is 9.45. The van der Waals surface area contributed by atoms with Crippen molar-refractivity contribution in [3.8, 4) is 6.07 Å². The van der Waals surface area contributed by atoms with Crippen molar-refractivity contribution < 1.29 is 18.0 Å². The van der Waals surface area contributed by atoms with Gasteiger partial charge in [0.25, 0.3) is 0 Å². The van der Waals surface area contributed by atoms with Gasteiger partial charge in [-0.1, -0.05) is 0 Å². The molecule has 0 unspecified atom stereocenters. The van der Waals surface area contributed by atoms with Gasteiger partial charge < -0.3 is 10.2 Å². The van der Waals surface area contributed by atoms with E-state index in [-0.39, 0.29) is 17.5 Å². The fourth-order valence-corrected chi connectivity index (χ4v) is 3.76. The molecular weight excluding hydrogens is 393 g/mol. The number of aromatic nitrogens is 1. The molecule has 1 N–H and O–H groups in total. The Hall–Kier alpha value is -3.60. The Morgan fingerprint density at radius 1 is 1.10 bits per heavy atom. The highest BCUT2D eigenvalue weighted by Crippen LogP contribution is 2.33. The van der Waals surface area contributed by atoms with E-state index in [1.165, 1.54) is 24.4 Å². The topological polar surface area (TPSA) is 69.0 Å². The van der Waals surface area contributed by atoms with E-state index in [4.69, 9.17) is 0 Å². The van der Waals surface area contributed by atoms with Crippen LogP contribution in [0.3, 0.4) is 0 Å². The maximum atomic E-state index is 13.8. The molecule has 0 bridgehead atoms. The molecule has 8 heteroatoms. The van der Waals surface area contributed by atoms with Crippen LogP contribution in [0.5, 0.6) is 0 Å². The monoisotopic (exact) mass is 410 g/mol. The summed E-state index contributed by atoms with van der Waals surface area (Å²) in [5.74, 6) is -2.67. The van der Waals surface area contributed by atoms with E-state index in [9.17, 15) is 23.2 Å². The number of halogens is 3. The highest BCUT2D eigenvalue weighted by Gasteiger charge is 2.28. The quantitative estimate of drug-likeness (QED) is 0.696. The molecule has 0 saturated carbocycles. The van der Waals surface area contributed by atoms with E-state index in [1.807, 2.05) is 4.90 Å². The molecule has 1 aliphatic rings. The summed E-state index contributed by atoms with van der Waals surface area (Å²) in [7, 11) is 0. The summed E-state index contributed by atoms with van der Waals surface area (Å²) < 4.78 is 40.6. The first-order chi connectivity index (χ1) is 14.5. The molecule has 2 heterocycles. The lowest BCUT2D eigenvalue weighted by atomic mass is 9.94. The number of nitriles is 1. The minimum atomic E-state index is -0.829. The Kier molecular flexibility index (Phi) is 5.27. The van der Waals surface area contributed by atoms with Crippen LogP contribution < -0.4 is 10.2 Å². The Morgan fingerprint density at radius 3 is 2.50 bits per heavy atom. The third kappa shape index (κ3) is 3.79. The SMILES string of the molecule is N#Cc1cnc2ccc(F)cc2c1N1CCC(C(=O)Nc2ccc(F)cc2F)CC1. The predicted molar refractivity (Wildman–Crippen MR) is 106 cm³/mol. The van der Waals surface area contributed by atoms with Crippen LogP contribution in [0.1, 0.15) is 18.4 Å².